The summed E-state index contributed by atoms with van der Waals surface area (Å²) in [6.07, 6.45) is 7.17. The van der Waals surface area contributed by atoms with Crippen molar-refractivity contribution >= 4 is 41.7 Å². The fraction of sp³-hybridized carbons (Fsp3) is 0.933. The van der Waals surface area contributed by atoms with E-state index in [1.54, 1.807) is 7.11 Å². The molecule has 1 rings (SSSR count). The number of hydrogen-bond acceptors (Lipinski definition) is 4. The van der Waals surface area contributed by atoms with Gasteiger partial charge in [0.15, 0.2) is 5.96 Å². The number of unbranched alkanes of at least 4 members (excludes halogenated alkanes) is 1. The molecule has 5 nitrogen and oxygen atoms in total. The van der Waals surface area contributed by atoms with Crippen LogP contribution < -0.4 is 10.6 Å². The van der Waals surface area contributed by atoms with Crippen molar-refractivity contribution in [1.29, 1.82) is 0 Å². The van der Waals surface area contributed by atoms with Gasteiger partial charge in [-0.25, -0.2) is 0 Å². The predicted molar refractivity (Wildman–Crippen MR) is 109 cm³/mol. The van der Waals surface area contributed by atoms with Crippen LogP contribution in [0.2, 0.25) is 0 Å². The van der Waals surface area contributed by atoms with Crippen molar-refractivity contribution in [2.75, 3.05) is 59.0 Å². The highest BCUT2D eigenvalue weighted by Gasteiger charge is 2.23. The third-order valence-electron chi connectivity index (χ3n) is 3.88. The second kappa shape index (κ2) is 14.8. The Hall–Kier alpha value is 0.270. The summed E-state index contributed by atoms with van der Waals surface area (Å²) in [6, 6.07) is 0.607. The fourth-order valence-corrected chi connectivity index (χ4v) is 3.14. The molecular weight excluding hydrogens is 411 g/mol. The molecule has 1 atom stereocenters. The van der Waals surface area contributed by atoms with E-state index in [-0.39, 0.29) is 24.0 Å². The van der Waals surface area contributed by atoms with Gasteiger partial charge in [0.05, 0.1) is 6.61 Å². The van der Waals surface area contributed by atoms with Gasteiger partial charge in [0.2, 0.25) is 0 Å². The smallest absolute Gasteiger partial charge is 0.191 e. The van der Waals surface area contributed by atoms with Gasteiger partial charge in [-0.1, -0.05) is 0 Å². The van der Waals surface area contributed by atoms with Gasteiger partial charge < -0.3 is 15.4 Å². The molecule has 0 aliphatic carbocycles. The Morgan fingerprint density at radius 2 is 2.18 bits per heavy atom. The minimum Gasteiger partial charge on any atom is -0.383 e. The molecule has 0 radical (unpaired) electrons. The van der Waals surface area contributed by atoms with Gasteiger partial charge >= 0.3 is 0 Å². The summed E-state index contributed by atoms with van der Waals surface area (Å²) in [5, 5.41) is 6.86. The largest absolute Gasteiger partial charge is 0.383 e. The molecule has 7 heteroatoms. The number of likely N-dealkylation sites (tertiary alicyclic amines) is 1. The number of halogens is 1. The number of methoxy groups -OCH3 is 1. The third kappa shape index (κ3) is 9.42. The van der Waals surface area contributed by atoms with Crippen molar-refractivity contribution in [3.8, 4) is 0 Å². The average Bonchev–Trinajstić information content (AvgIpc) is 2.95. The Morgan fingerprint density at radius 1 is 1.36 bits per heavy atom. The molecule has 1 unspecified atom stereocenters. The summed E-state index contributed by atoms with van der Waals surface area (Å²) in [6.45, 7) is 5.01. The van der Waals surface area contributed by atoms with Crippen molar-refractivity contribution in [3.63, 3.8) is 0 Å². The van der Waals surface area contributed by atoms with Gasteiger partial charge in [0, 0.05) is 39.8 Å². The first-order chi connectivity index (χ1) is 10.3. The topological polar surface area (TPSA) is 48.9 Å². The van der Waals surface area contributed by atoms with E-state index in [9.17, 15) is 0 Å². The molecule has 132 valence electrons. The lowest BCUT2D eigenvalue weighted by Crippen LogP contribution is -2.45. The molecule has 1 fully saturated rings. The molecule has 0 aromatic heterocycles. The lowest BCUT2D eigenvalue weighted by Gasteiger charge is -2.25. The molecule has 0 spiro atoms. The van der Waals surface area contributed by atoms with E-state index in [1.165, 1.54) is 38.0 Å². The van der Waals surface area contributed by atoms with E-state index in [0.29, 0.717) is 6.04 Å². The summed E-state index contributed by atoms with van der Waals surface area (Å²) in [5.74, 6) is 2.17. The number of nitrogens with one attached hydrogen (secondary N) is 2. The molecule has 1 aliphatic heterocycles. The monoisotopic (exact) mass is 444 g/mol. The maximum absolute atomic E-state index is 5.18. The fourth-order valence-electron chi connectivity index (χ4n) is 2.64. The summed E-state index contributed by atoms with van der Waals surface area (Å²) >= 11 is 1.91. The van der Waals surface area contributed by atoms with Gasteiger partial charge in [-0.05, 0) is 44.2 Å². The number of aliphatic imine (C=N–C) groups is 1. The van der Waals surface area contributed by atoms with E-state index in [2.05, 4.69) is 26.8 Å². The zero-order valence-electron chi connectivity index (χ0n) is 14.3. The van der Waals surface area contributed by atoms with E-state index < -0.39 is 0 Å². The minimum absolute atomic E-state index is 0. The molecule has 0 amide bonds. The number of ether oxygens (including phenoxy) is 1. The van der Waals surface area contributed by atoms with Crippen molar-refractivity contribution in [3.05, 3.63) is 0 Å². The Kier molecular flexibility index (Phi) is 15.0. The van der Waals surface area contributed by atoms with Crippen LogP contribution in [0.4, 0.5) is 0 Å². The van der Waals surface area contributed by atoms with Crippen LogP contribution in [0.5, 0.6) is 0 Å². The normalized spacial score (nSPS) is 19.0. The van der Waals surface area contributed by atoms with Crippen LogP contribution in [-0.4, -0.2) is 75.9 Å². The Bertz CT molecular complexity index is 295. The van der Waals surface area contributed by atoms with E-state index in [0.717, 1.165) is 32.2 Å². The molecule has 0 aromatic carbocycles. The van der Waals surface area contributed by atoms with Crippen molar-refractivity contribution < 1.29 is 4.74 Å². The molecule has 0 bridgehead atoms. The van der Waals surface area contributed by atoms with E-state index in [1.807, 2.05) is 18.8 Å². The quantitative estimate of drug-likeness (QED) is 0.234. The number of guanidine groups is 1. The van der Waals surface area contributed by atoms with Crippen LogP contribution in [0.15, 0.2) is 4.99 Å². The second-order valence-electron chi connectivity index (χ2n) is 5.40. The standard InChI is InChI=1S/C15H32N4OS.HI/c1-16-15(17-8-4-5-12-21-3)18-13-14-7-6-9-19(14)10-11-20-2;/h14H,4-13H2,1-3H3,(H2,16,17,18);1H. The molecular formula is C15H33IN4OS. The Morgan fingerprint density at radius 3 is 2.86 bits per heavy atom. The van der Waals surface area contributed by atoms with Gasteiger partial charge in [-0.15, -0.1) is 24.0 Å². The first kappa shape index (κ1) is 22.3. The summed E-state index contributed by atoms with van der Waals surface area (Å²) < 4.78 is 5.18. The maximum Gasteiger partial charge on any atom is 0.191 e. The summed E-state index contributed by atoms with van der Waals surface area (Å²) in [7, 11) is 3.61. The molecule has 1 heterocycles. The first-order valence-electron chi connectivity index (χ1n) is 7.98. The maximum atomic E-state index is 5.18. The van der Waals surface area contributed by atoms with Gasteiger partial charge in [0.1, 0.15) is 0 Å². The Balaban J connectivity index is 0.00000441. The molecule has 1 aliphatic rings. The highest BCUT2D eigenvalue weighted by molar-refractivity contribution is 14.0. The second-order valence-corrected chi connectivity index (χ2v) is 6.39. The van der Waals surface area contributed by atoms with Crippen molar-refractivity contribution in [1.82, 2.24) is 15.5 Å². The van der Waals surface area contributed by atoms with E-state index >= 15 is 0 Å². The van der Waals surface area contributed by atoms with Gasteiger partial charge in [-0.3, -0.25) is 9.89 Å². The molecule has 2 N–H and O–H groups in total. The molecule has 0 aromatic rings. The number of hydrogen-bond donors (Lipinski definition) is 2. The lowest BCUT2D eigenvalue weighted by molar-refractivity contribution is 0.141. The molecule has 22 heavy (non-hydrogen) atoms. The van der Waals surface area contributed by atoms with Crippen LogP contribution in [0.25, 0.3) is 0 Å². The van der Waals surface area contributed by atoms with Crippen LogP contribution >= 0.6 is 35.7 Å². The van der Waals surface area contributed by atoms with Gasteiger partial charge in [-0.2, -0.15) is 11.8 Å². The van der Waals surface area contributed by atoms with Crippen LogP contribution in [0.3, 0.4) is 0 Å². The lowest BCUT2D eigenvalue weighted by atomic mass is 10.2. The van der Waals surface area contributed by atoms with Crippen LogP contribution in [0, 0.1) is 0 Å². The first-order valence-corrected chi connectivity index (χ1v) is 9.37. The Labute approximate surface area is 157 Å². The number of rotatable bonds is 10. The molecule has 1 saturated heterocycles. The third-order valence-corrected chi connectivity index (χ3v) is 4.58. The SMILES string of the molecule is CN=C(NCCCCSC)NCC1CCCN1CCOC.I. The predicted octanol–water partition coefficient (Wildman–Crippen LogP) is 2.02. The van der Waals surface area contributed by atoms with Crippen LogP contribution in [-0.2, 0) is 4.74 Å². The summed E-state index contributed by atoms with van der Waals surface area (Å²) in [5.41, 5.74) is 0. The molecule has 0 saturated carbocycles. The van der Waals surface area contributed by atoms with Gasteiger partial charge in [0.25, 0.3) is 0 Å². The zero-order valence-corrected chi connectivity index (χ0v) is 17.4. The summed E-state index contributed by atoms with van der Waals surface area (Å²) in [4.78, 5) is 6.82. The van der Waals surface area contributed by atoms with Crippen molar-refractivity contribution in [2.24, 2.45) is 4.99 Å². The average molecular weight is 444 g/mol. The number of thioether (sulfide) groups is 1. The number of nitrogens with zero attached hydrogens (tertiary/aromatic N) is 2. The minimum atomic E-state index is 0. The van der Waals surface area contributed by atoms with Crippen LogP contribution in [0.1, 0.15) is 25.7 Å². The zero-order chi connectivity index (χ0) is 15.3. The highest BCUT2D eigenvalue weighted by atomic mass is 127. The highest BCUT2D eigenvalue weighted by Crippen LogP contribution is 2.15. The van der Waals surface area contributed by atoms with E-state index in [4.69, 9.17) is 4.74 Å². The van der Waals surface area contributed by atoms with Crippen molar-refractivity contribution in [2.45, 2.75) is 31.7 Å².